The van der Waals surface area contributed by atoms with Gasteiger partial charge in [-0.05, 0) is 6.92 Å². The topological polar surface area (TPSA) is 38.3 Å². The molecule has 0 aromatic heterocycles. The molecule has 0 aliphatic carbocycles. The van der Waals surface area contributed by atoms with Gasteiger partial charge in [-0.15, -0.1) is 0 Å². The van der Waals surface area contributed by atoms with Gasteiger partial charge in [0.2, 0.25) is 0 Å². The Morgan fingerprint density at radius 3 is 2.55 bits per heavy atom. The average molecular weight is 167 g/mol. The first-order valence-corrected chi connectivity index (χ1v) is 3.17. The van der Waals surface area contributed by atoms with E-state index in [-0.39, 0.29) is 0 Å². The first-order chi connectivity index (χ1) is 5.07. The van der Waals surface area contributed by atoms with Crippen LogP contribution in [0.5, 0.6) is 0 Å². The predicted molar refractivity (Wildman–Crippen MR) is 35.5 cm³/mol. The van der Waals surface area contributed by atoms with Crippen molar-refractivity contribution in [1.29, 1.82) is 0 Å². The molecule has 0 aliphatic rings. The number of halogens is 2. The minimum Gasteiger partial charge on any atom is -0.468 e. The lowest BCUT2D eigenvalue weighted by molar-refractivity contribution is -0.142. The number of nitrogens with one attached hydrogen (secondary N) is 1. The number of methoxy groups -OCH3 is 1. The number of esters is 1. The highest BCUT2D eigenvalue weighted by atomic mass is 19.3. The van der Waals surface area contributed by atoms with Crippen molar-refractivity contribution in [2.24, 2.45) is 0 Å². The quantitative estimate of drug-likeness (QED) is 0.616. The summed E-state index contributed by atoms with van der Waals surface area (Å²) in [6.45, 7) is 0.977. The highest BCUT2D eigenvalue weighted by Gasteiger charge is 2.13. The molecule has 0 heterocycles. The number of hydrogen-bond acceptors (Lipinski definition) is 3. The molecule has 0 bridgehead atoms. The summed E-state index contributed by atoms with van der Waals surface area (Å²) < 4.78 is 27.4. The van der Waals surface area contributed by atoms with Crippen LogP contribution >= 0.6 is 0 Å². The third-order valence-electron chi connectivity index (χ3n) is 1.13. The molecule has 0 rings (SSSR count). The maximum absolute atomic E-state index is 11.5. The maximum atomic E-state index is 11.5. The molecule has 0 aromatic rings. The molecule has 0 spiro atoms. The third kappa shape index (κ3) is 4.66. The van der Waals surface area contributed by atoms with Gasteiger partial charge in [0.15, 0.2) is 0 Å². The van der Waals surface area contributed by atoms with E-state index in [0.29, 0.717) is 0 Å². The lowest BCUT2D eigenvalue weighted by atomic mass is 10.3. The minimum absolute atomic E-state index is 0.490. The molecule has 1 N–H and O–H groups in total. The normalized spacial score (nSPS) is 13.2. The van der Waals surface area contributed by atoms with Crippen LogP contribution < -0.4 is 5.32 Å². The maximum Gasteiger partial charge on any atom is 0.322 e. The van der Waals surface area contributed by atoms with Crippen LogP contribution in [0.15, 0.2) is 0 Å². The fraction of sp³-hybridized carbons (Fsp3) is 0.833. The van der Waals surface area contributed by atoms with Crippen LogP contribution in [0, 0.1) is 0 Å². The Morgan fingerprint density at radius 2 is 2.18 bits per heavy atom. The number of alkyl halides is 2. The summed E-state index contributed by atoms with van der Waals surface area (Å²) in [7, 11) is 1.21. The molecule has 0 saturated carbocycles. The number of carbonyl (C=O) groups excluding carboxylic acids is 1. The smallest absolute Gasteiger partial charge is 0.322 e. The molecular formula is C6H11F2NO2. The number of ether oxygens (including phenoxy) is 1. The van der Waals surface area contributed by atoms with Crippen LogP contribution in [0.25, 0.3) is 0 Å². The summed E-state index contributed by atoms with van der Waals surface area (Å²) >= 11 is 0. The first kappa shape index (κ1) is 10.3. The van der Waals surface area contributed by atoms with E-state index in [2.05, 4.69) is 10.1 Å². The van der Waals surface area contributed by atoms with Crippen LogP contribution in [-0.4, -0.2) is 32.1 Å². The second kappa shape index (κ2) is 5.01. The Hall–Kier alpha value is -0.710. The average Bonchev–Trinajstić information content (AvgIpc) is 1.98. The molecule has 5 heteroatoms. The van der Waals surface area contributed by atoms with E-state index in [1.54, 1.807) is 0 Å². The Bertz CT molecular complexity index is 130. The van der Waals surface area contributed by atoms with Crippen molar-refractivity contribution in [1.82, 2.24) is 5.32 Å². The van der Waals surface area contributed by atoms with Crippen molar-refractivity contribution in [2.45, 2.75) is 19.4 Å². The molecule has 66 valence electrons. The van der Waals surface area contributed by atoms with Crippen LogP contribution in [0.3, 0.4) is 0 Å². The highest BCUT2D eigenvalue weighted by Crippen LogP contribution is 1.91. The molecule has 0 amide bonds. The zero-order valence-electron chi connectivity index (χ0n) is 6.43. The van der Waals surface area contributed by atoms with E-state index >= 15 is 0 Å². The number of hydrogen-bond donors (Lipinski definition) is 1. The van der Waals surface area contributed by atoms with Gasteiger partial charge >= 0.3 is 5.97 Å². The second-order valence-electron chi connectivity index (χ2n) is 2.04. The summed E-state index contributed by atoms with van der Waals surface area (Å²) in [6.07, 6.45) is -2.44. The summed E-state index contributed by atoms with van der Waals surface area (Å²) in [5.74, 6) is -0.536. The molecule has 11 heavy (non-hydrogen) atoms. The summed E-state index contributed by atoms with van der Waals surface area (Å²) in [4.78, 5) is 10.6. The molecule has 0 radical (unpaired) electrons. The summed E-state index contributed by atoms with van der Waals surface area (Å²) in [6, 6.07) is -0.672. The van der Waals surface area contributed by atoms with Gasteiger partial charge < -0.3 is 4.74 Å². The van der Waals surface area contributed by atoms with Crippen LogP contribution in [0.2, 0.25) is 0 Å². The first-order valence-electron chi connectivity index (χ1n) is 3.17. The van der Waals surface area contributed by atoms with Gasteiger partial charge in [0, 0.05) is 0 Å². The van der Waals surface area contributed by atoms with Crippen LogP contribution in [-0.2, 0) is 9.53 Å². The molecular weight excluding hydrogens is 156 g/mol. The minimum atomic E-state index is -2.44. The van der Waals surface area contributed by atoms with Crippen molar-refractivity contribution < 1.29 is 18.3 Å². The van der Waals surface area contributed by atoms with Gasteiger partial charge in [-0.3, -0.25) is 10.1 Å². The second-order valence-corrected chi connectivity index (χ2v) is 2.04. The van der Waals surface area contributed by atoms with Gasteiger partial charge in [-0.25, -0.2) is 8.78 Å². The molecule has 0 fully saturated rings. The van der Waals surface area contributed by atoms with Gasteiger partial charge in [0.25, 0.3) is 6.43 Å². The Labute approximate surface area is 63.7 Å². The van der Waals surface area contributed by atoms with Crippen molar-refractivity contribution in [3.63, 3.8) is 0 Å². The molecule has 3 nitrogen and oxygen atoms in total. The zero-order valence-corrected chi connectivity index (χ0v) is 6.43. The molecule has 0 aromatic carbocycles. The van der Waals surface area contributed by atoms with Crippen molar-refractivity contribution in [3.05, 3.63) is 0 Å². The summed E-state index contributed by atoms with van der Waals surface area (Å²) in [5, 5.41) is 2.31. The summed E-state index contributed by atoms with van der Waals surface area (Å²) in [5.41, 5.74) is 0. The largest absolute Gasteiger partial charge is 0.468 e. The lowest BCUT2D eigenvalue weighted by Gasteiger charge is -2.09. The number of carbonyl (C=O) groups is 1. The van der Waals surface area contributed by atoms with E-state index < -0.39 is 25.0 Å². The highest BCUT2D eigenvalue weighted by molar-refractivity contribution is 5.74. The van der Waals surface area contributed by atoms with Gasteiger partial charge in [-0.1, -0.05) is 0 Å². The number of rotatable bonds is 4. The van der Waals surface area contributed by atoms with Crippen LogP contribution in [0.4, 0.5) is 8.78 Å². The van der Waals surface area contributed by atoms with Crippen molar-refractivity contribution >= 4 is 5.97 Å². The fourth-order valence-corrected chi connectivity index (χ4v) is 0.526. The zero-order chi connectivity index (χ0) is 8.85. The van der Waals surface area contributed by atoms with E-state index in [1.165, 1.54) is 14.0 Å². The van der Waals surface area contributed by atoms with Crippen LogP contribution in [0.1, 0.15) is 6.92 Å². The van der Waals surface area contributed by atoms with Gasteiger partial charge in [0.05, 0.1) is 13.7 Å². The Kier molecular flexibility index (Phi) is 4.69. The predicted octanol–water partition coefficient (Wildman–Crippen LogP) is 0.403. The van der Waals surface area contributed by atoms with E-state index in [9.17, 15) is 13.6 Å². The molecule has 1 atom stereocenters. The molecule has 0 saturated heterocycles. The Morgan fingerprint density at radius 1 is 1.64 bits per heavy atom. The van der Waals surface area contributed by atoms with E-state index in [4.69, 9.17) is 0 Å². The van der Waals surface area contributed by atoms with E-state index in [0.717, 1.165) is 0 Å². The Balaban J connectivity index is 3.52. The van der Waals surface area contributed by atoms with Gasteiger partial charge in [-0.2, -0.15) is 0 Å². The lowest BCUT2D eigenvalue weighted by Crippen LogP contribution is -2.37. The SMILES string of the molecule is COC(=O)C(C)NCC(F)F. The van der Waals surface area contributed by atoms with Crippen molar-refractivity contribution in [3.8, 4) is 0 Å². The van der Waals surface area contributed by atoms with E-state index in [1.807, 2.05) is 0 Å². The fourth-order valence-electron chi connectivity index (χ4n) is 0.526. The van der Waals surface area contributed by atoms with Gasteiger partial charge in [0.1, 0.15) is 6.04 Å². The third-order valence-corrected chi connectivity index (χ3v) is 1.13. The standard InChI is InChI=1S/C6H11F2NO2/c1-4(6(10)11-2)9-3-5(7)8/h4-5,9H,3H2,1-2H3. The molecule has 1 unspecified atom stereocenters. The van der Waals surface area contributed by atoms with Crippen molar-refractivity contribution in [2.75, 3.05) is 13.7 Å². The monoisotopic (exact) mass is 167 g/mol. The molecule has 0 aliphatic heterocycles.